The van der Waals surface area contributed by atoms with E-state index >= 15 is 0 Å². The number of methoxy groups -OCH3 is 2. The fourth-order valence-electron chi connectivity index (χ4n) is 2.89. The highest BCUT2D eigenvalue weighted by atomic mass is 16.5. The molecule has 0 unspecified atom stereocenters. The van der Waals surface area contributed by atoms with Crippen LogP contribution in [0.25, 0.3) is 0 Å². The van der Waals surface area contributed by atoms with E-state index in [4.69, 9.17) is 9.47 Å². The van der Waals surface area contributed by atoms with Gasteiger partial charge in [0.05, 0.1) is 26.9 Å². The predicted molar refractivity (Wildman–Crippen MR) is 100 cm³/mol. The fourth-order valence-corrected chi connectivity index (χ4v) is 2.89. The lowest BCUT2D eigenvalue weighted by Crippen LogP contribution is -2.65. The summed E-state index contributed by atoms with van der Waals surface area (Å²) >= 11 is 0. The molecule has 1 heterocycles. The smallest absolute Gasteiger partial charge is 0.330 e. The van der Waals surface area contributed by atoms with E-state index in [1.54, 1.807) is 42.4 Å². The normalized spacial score (nSPS) is 19.0. The number of nitrogens with zero attached hydrogens (tertiary/aromatic N) is 1. The van der Waals surface area contributed by atoms with Gasteiger partial charge in [0.25, 0.3) is 5.91 Å². The number of ether oxygens (including phenoxy) is 3. The summed E-state index contributed by atoms with van der Waals surface area (Å²) in [5.41, 5.74) is 1.68. The molecule has 0 bridgehead atoms. The van der Waals surface area contributed by atoms with Crippen molar-refractivity contribution in [3.63, 3.8) is 0 Å². The number of carbonyl (C=O) groups is 2. The highest BCUT2D eigenvalue weighted by Crippen LogP contribution is 2.32. The fraction of sp³-hybridized carbons (Fsp3) is 0.238. The Bertz CT molecular complexity index is 816. The van der Waals surface area contributed by atoms with Gasteiger partial charge in [0.1, 0.15) is 5.75 Å². The Morgan fingerprint density at radius 2 is 1.78 bits per heavy atom. The molecule has 27 heavy (non-hydrogen) atoms. The first-order chi connectivity index (χ1) is 13.1. The molecule has 140 valence electrons. The number of anilines is 1. The minimum absolute atomic E-state index is 0.157. The summed E-state index contributed by atoms with van der Waals surface area (Å²) in [6.45, 7) is 0.316. The van der Waals surface area contributed by atoms with Crippen molar-refractivity contribution in [3.8, 4) is 5.75 Å². The Kier molecular flexibility index (Phi) is 5.88. The van der Waals surface area contributed by atoms with Gasteiger partial charge in [-0.1, -0.05) is 36.4 Å². The van der Waals surface area contributed by atoms with E-state index in [0.717, 1.165) is 5.56 Å². The summed E-state index contributed by atoms with van der Waals surface area (Å²) in [4.78, 5) is 25.8. The van der Waals surface area contributed by atoms with Crippen LogP contribution in [0.5, 0.6) is 5.75 Å². The highest BCUT2D eigenvalue weighted by molar-refractivity contribution is 6.05. The molecule has 1 fully saturated rings. The van der Waals surface area contributed by atoms with E-state index in [2.05, 4.69) is 4.74 Å². The second kappa shape index (κ2) is 8.51. The third-order valence-electron chi connectivity index (χ3n) is 4.34. The van der Waals surface area contributed by atoms with Crippen LogP contribution in [0.15, 0.2) is 66.7 Å². The zero-order valence-corrected chi connectivity index (χ0v) is 15.2. The van der Waals surface area contributed by atoms with Crippen molar-refractivity contribution in [2.75, 3.05) is 19.1 Å². The summed E-state index contributed by atoms with van der Waals surface area (Å²) in [6, 6.07) is 16.4. The molecule has 6 nitrogen and oxygen atoms in total. The second-order valence-corrected chi connectivity index (χ2v) is 6.00. The van der Waals surface area contributed by atoms with Gasteiger partial charge in [-0.3, -0.25) is 9.69 Å². The van der Waals surface area contributed by atoms with Gasteiger partial charge in [0, 0.05) is 11.8 Å². The first-order valence-electron chi connectivity index (χ1n) is 8.53. The average molecular weight is 367 g/mol. The number of β-lactam (4-membered cyclic amide) rings is 1. The Hall–Kier alpha value is -3.12. The van der Waals surface area contributed by atoms with Crippen LogP contribution in [0.1, 0.15) is 5.56 Å². The number of benzene rings is 2. The van der Waals surface area contributed by atoms with Crippen LogP contribution in [0.3, 0.4) is 0 Å². The van der Waals surface area contributed by atoms with E-state index in [9.17, 15) is 9.59 Å². The molecule has 0 N–H and O–H groups in total. The number of hydrogen-bond donors (Lipinski definition) is 0. The lowest BCUT2D eigenvalue weighted by atomic mass is 9.95. The van der Waals surface area contributed by atoms with E-state index in [-0.39, 0.29) is 5.91 Å². The number of amides is 1. The van der Waals surface area contributed by atoms with Crippen molar-refractivity contribution >= 4 is 17.6 Å². The SMILES string of the molecule is COC(=O)/C=C/[C@@H]1[C@@H](OCc2ccccc2)C(=O)N1c1ccc(OC)cc1. The molecule has 2 aromatic carbocycles. The largest absolute Gasteiger partial charge is 0.497 e. The Balaban J connectivity index is 1.77. The van der Waals surface area contributed by atoms with E-state index in [1.165, 1.54) is 13.2 Å². The van der Waals surface area contributed by atoms with E-state index in [1.807, 2.05) is 30.3 Å². The quantitative estimate of drug-likeness (QED) is 0.428. The van der Waals surface area contributed by atoms with Crippen LogP contribution in [-0.2, 0) is 25.7 Å². The molecule has 0 radical (unpaired) electrons. The molecule has 1 aliphatic rings. The van der Waals surface area contributed by atoms with Gasteiger partial charge in [-0.05, 0) is 29.8 Å². The van der Waals surface area contributed by atoms with Crippen LogP contribution in [0, 0.1) is 0 Å². The standard InChI is InChI=1S/C21H21NO5/c1-25-17-10-8-16(9-11-17)22-18(12-13-19(23)26-2)20(21(22)24)27-14-15-6-4-3-5-7-15/h3-13,18,20H,14H2,1-2H3/b13-12+/t18-,20-/m1/s1. The average Bonchev–Trinajstić information content (AvgIpc) is 2.72. The molecular weight excluding hydrogens is 346 g/mol. The highest BCUT2D eigenvalue weighted by Gasteiger charge is 2.47. The molecule has 1 aliphatic heterocycles. The third-order valence-corrected chi connectivity index (χ3v) is 4.34. The number of hydrogen-bond acceptors (Lipinski definition) is 5. The minimum atomic E-state index is -0.659. The maximum absolute atomic E-state index is 12.7. The molecule has 1 saturated heterocycles. The summed E-state index contributed by atoms with van der Waals surface area (Å²) in [5.74, 6) is 0.0618. The maximum Gasteiger partial charge on any atom is 0.330 e. The zero-order chi connectivity index (χ0) is 19.2. The molecular formula is C21H21NO5. The first kappa shape index (κ1) is 18.7. The van der Waals surface area contributed by atoms with Gasteiger partial charge >= 0.3 is 5.97 Å². The Morgan fingerprint density at radius 1 is 1.07 bits per heavy atom. The molecule has 2 aromatic rings. The molecule has 0 aromatic heterocycles. The van der Waals surface area contributed by atoms with Crippen molar-refractivity contribution in [1.29, 1.82) is 0 Å². The van der Waals surface area contributed by atoms with Crippen LogP contribution in [0.2, 0.25) is 0 Å². The van der Waals surface area contributed by atoms with Gasteiger partial charge in [-0.2, -0.15) is 0 Å². The van der Waals surface area contributed by atoms with Crippen LogP contribution in [-0.4, -0.2) is 38.2 Å². The molecule has 0 aliphatic carbocycles. The minimum Gasteiger partial charge on any atom is -0.497 e. The van der Waals surface area contributed by atoms with Gasteiger partial charge in [-0.15, -0.1) is 0 Å². The van der Waals surface area contributed by atoms with Gasteiger partial charge in [0.15, 0.2) is 6.10 Å². The lowest BCUT2D eigenvalue weighted by molar-refractivity contribution is -0.141. The summed E-state index contributed by atoms with van der Waals surface area (Å²) in [6.07, 6.45) is 2.29. The summed E-state index contributed by atoms with van der Waals surface area (Å²) in [7, 11) is 2.89. The first-order valence-corrected chi connectivity index (χ1v) is 8.53. The predicted octanol–water partition coefficient (Wildman–Crippen LogP) is 2.73. The zero-order valence-electron chi connectivity index (χ0n) is 15.2. The molecule has 1 amide bonds. The number of carbonyl (C=O) groups excluding carboxylic acids is 2. The molecule has 3 rings (SSSR count). The van der Waals surface area contributed by atoms with Crippen LogP contribution < -0.4 is 9.64 Å². The van der Waals surface area contributed by atoms with Crippen molar-refractivity contribution in [2.45, 2.75) is 18.8 Å². The van der Waals surface area contributed by atoms with Gasteiger partial charge < -0.3 is 14.2 Å². The van der Waals surface area contributed by atoms with Crippen LogP contribution >= 0.6 is 0 Å². The van der Waals surface area contributed by atoms with E-state index in [0.29, 0.717) is 18.0 Å². The molecule has 0 saturated carbocycles. The van der Waals surface area contributed by atoms with Crippen molar-refractivity contribution < 1.29 is 23.8 Å². The summed E-state index contributed by atoms with van der Waals surface area (Å²) < 4.78 is 15.6. The molecule has 0 spiro atoms. The van der Waals surface area contributed by atoms with Gasteiger partial charge in [0.2, 0.25) is 0 Å². The van der Waals surface area contributed by atoms with Gasteiger partial charge in [-0.25, -0.2) is 4.79 Å². The topological polar surface area (TPSA) is 65.1 Å². The van der Waals surface area contributed by atoms with Crippen molar-refractivity contribution in [2.24, 2.45) is 0 Å². The molecule has 6 heteroatoms. The number of rotatable bonds is 7. The monoisotopic (exact) mass is 367 g/mol. The second-order valence-electron chi connectivity index (χ2n) is 6.00. The number of esters is 1. The lowest BCUT2D eigenvalue weighted by Gasteiger charge is -2.45. The maximum atomic E-state index is 12.7. The third kappa shape index (κ3) is 4.17. The van der Waals surface area contributed by atoms with E-state index < -0.39 is 18.1 Å². The molecule has 2 atom stereocenters. The Morgan fingerprint density at radius 3 is 2.41 bits per heavy atom. The Labute approximate surface area is 158 Å². The van der Waals surface area contributed by atoms with Crippen LogP contribution in [0.4, 0.5) is 5.69 Å². The van der Waals surface area contributed by atoms with Crippen molar-refractivity contribution in [3.05, 3.63) is 72.3 Å². The summed E-state index contributed by atoms with van der Waals surface area (Å²) in [5, 5.41) is 0. The van der Waals surface area contributed by atoms with Crippen molar-refractivity contribution in [1.82, 2.24) is 0 Å².